The molecule has 1 saturated carbocycles. The highest BCUT2D eigenvalue weighted by molar-refractivity contribution is 5.25. The van der Waals surface area contributed by atoms with Crippen molar-refractivity contribution in [1.82, 2.24) is 4.98 Å². The van der Waals surface area contributed by atoms with Crippen LogP contribution in [0.3, 0.4) is 0 Å². The molecule has 1 aromatic rings. The van der Waals surface area contributed by atoms with E-state index in [1.807, 2.05) is 13.1 Å². The van der Waals surface area contributed by atoms with Gasteiger partial charge in [-0.1, -0.05) is 20.8 Å². The van der Waals surface area contributed by atoms with E-state index >= 15 is 0 Å². The number of hydrogen-bond acceptors (Lipinski definition) is 1. The van der Waals surface area contributed by atoms with Gasteiger partial charge in [0.05, 0.1) is 5.69 Å². The summed E-state index contributed by atoms with van der Waals surface area (Å²) in [5, 5.41) is 0. The molecule has 1 atom stereocenters. The molecule has 82 valence electrons. The number of nitrogens with zero attached hydrogens (tertiary/aromatic N) is 1. The molecule has 0 amide bonds. The van der Waals surface area contributed by atoms with Crippen LogP contribution in [0.15, 0.2) is 12.3 Å². The summed E-state index contributed by atoms with van der Waals surface area (Å²) in [5.74, 6) is 1.08. The summed E-state index contributed by atoms with van der Waals surface area (Å²) in [7, 11) is 0. The molecule has 15 heavy (non-hydrogen) atoms. The lowest BCUT2D eigenvalue weighted by molar-refractivity contribution is 0.486. The Balaban J connectivity index is 2.25. The van der Waals surface area contributed by atoms with Gasteiger partial charge in [-0.25, -0.2) is 4.39 Å². The molecule has 0 unspecified atom stereocenters. The molecule has 0 aromatic carbocycles. The maximum atomic E-state index is 13.8. The molecule has 2 rings (SSSR count). The molecule has 0 bridgehead atoms. The largest absolute Gasteiger partial charge is 0.258 e. The van der Waals surface area contributed by atoms with Crippen molar-refractivity contribution in [2.45, 2.75) is 45.4 Å². The summed E-state index contributed by atoms with van der Waals surface area (Å²) < 4.78 is 13.8. The van der Waals surface area contributed by atoms with Gasteiger partial charge in [-0.15, -0.1) is 0 Å². The molecule has 1 aliphatic rings. The molecule has 0 aliphatic heterocycles. The normalized spacial score (nSPS) is 18.2. The highest BCUT2D eigenvalue weighted by Crippen LogP contribution is 2.40. The van der Waals surface area contributed by atoms with Crippen LogP contribution in [0.2, 0.25) is 0 Å². The van der Waals surface area contributed by atoms with Crippen molar-refractivity contribution in [2.24, 2.45) is 5.92 Å². The second-order valence-electron chi connectivity index (χ2n) is 4.94. The average Bonchev–Trinajstić information content (AvgIpc) is 2.99. The van der Waals surface area contributed by atoms with Crippen molar-refractivity contribution >= 4 is 0 Å². The Morgan fingerprint density at radius 1 is 1.33 bits per heavy atom. The number of halogens is 1. The average molecular weight is 207 g/mol. The van der Waals surface area contributed by atoms with E-state index in [0.717, 1.165) is 5.56 Å². The zero-order chi connectivity index (χ0) is 11.0. The summed E-state index contributed by atoms with van der Waals surface area (Å²) >= 11 is 0. The second-order valence-corrected chi connectivity index (χ2v) is 4.94. The van der Waals surface area contributed by atoms with Crippen LogP contribution in [-0.4, -0.2) is 4.98 Å². The number of rotatable bonds is 3. The Hall–Kier alpha value is -0.920. The van der Waals surface area contributed by atoms with Gasteiger partial charge in [0.1, 0.15) is 5.82 Å². The molecule has 1 aliphatic carbocycles. The highest BCUT2D eigenvalue weighted by Gasteiger charge is 2.25. The zero-order valence-corrected chi connectivity index (χ0v) is 9.63. The first-order chi connectivity index (χ1) is 7.09. The topological polar surface area (TPSA) is 12.9 Å². The Morgan fingerprint density at radius 2 is 2.00 bits per heavy atom. The first-order valence-electron chi connectivity index (χ1n) is 5.75. The molecule has 1 fully saturated rings. The van der Waals surface area contributed by atoms with Crippen molar-refractivity contribution in [3.05, 3.63) is 29.3 Å². The van der Waals surface area contributed by atoms with Crippen LogP contribution < -0.4 is 0 Å². The lowest BCUT2D eigenvalue weighted by Gasteiger charge is -2.15. The molecule has 0 N–H and O–H groups in total. The SMILES string of the molecule is CC(C)[C@@H](C)c1ncc(C2CC2)cc1F. The van der Waals surface area contributed by atoms with Gasteiger partial charge in [-0.2, -0.15) is 0 Å². The molecule has 0 spiro atoms. The predicted molar refractivity (Wildman–Crippen MR) is 59.4 cm³/mol. The molecule has 1 aromatic heterocycles. The van der Waals surface area contributed by atoms with Gasteiger partial charge in [0.2, 0.25) is 0 Å². The van der Waals surface area contributed by atoms with Crippen LogP contribution in [0.5, 0.6) is 0 Å². The third-order valence-electron chi connectivity index (χ3n) is 3.37. The number of pyridine rings is 1. The fraction of sp³-hybridized carbons (Fsp3) is 0.615. The summed E-state index contributed by atoms with van der Waals surface area (Å²) in [6, 6.07) is 1.68. The van der Waals surface area contributed by atoms with Crippen LogP contribution in [0.25, 0.3) is 0 Å². The summed E-state index contributed by atoms with van der Waals surface area (Å²) in [6.07, 6.45) is 4.25. The maximum absolute atomic E-state index is 13.8. The van der Waals surface area contributed by atoms with E-state index in [4.69, 9.17) is 0 Å². The Labute approximate surface area is 90.7 Å². The van der Waals surface area contributed by atoms with Gasteiger partial charge in [0.15, 0.2) is 0 Å². The lowest BCUT2D eigenvalue weighted by Crippen LogP contribution is -2.07. The van der Waals surface area contributed by atoms with Gasteiger partial charge < -0.3 is 0 Å². The number of aromatic nitrogens is 1. The molecule has 0 saturated heterocycles. The van der Waals surface area contributed by atoms with E-state index in [1.165, 1.54) is 12.8 Å². The molecule has 0 radical (unpaired) electrons. The zero-order valence-electron chi connectivity index (χ0n) is 9.63. The first kappa shape index (κ1) is 10.6. The predicted octanol–water partition coefficient (Wildman–Crippen LogP) is 3.86. The van der Waals surface area contributed by atoms with Gasteiger partial charge >= 0.3 is 0 Å². The second kappa shape index (κ2) is 3.92. The monoisotopic (exact) mass is 207 g/mol. The van der Waals surface area contributed by atoms with Gasteiger partial charge in [-0.05, 0) is 36.3 Å². The minimum atomic E-state index is -0.124. The third-order valence-corrected chi connectivity index (χ3v) is 3.37. The van der Waals surface area contributed by atoms with E-state index in [2.05, 4.69) is 18.8 Å². The summed E-state index contributed by atoms with van der Waals surface area (Å²) in [5.41, 5.74) is 1.70. The molecule has 1 heterocycles. The summed E-state index contributed by atoms with van der Waals surface area (Å²) in [4.78, 5) is 4.29. The minimum absolute atomic E-state index is 0.124. The summed E-state index contributed by atoms with van der Waals surface area (Å²) in [6.45, 7) is 6.23. The van der Waals surface area contributed by atoms with Crippen LogP contribution in [-0.2, 0) is 0 Å². The van der Waals surface area contributed by atoms with Crippen LogP contribution in [0.1, 0.15) is 56.7 Å². The molecule has 2 heteroatoms. The highest BCUT2D eigenvalue weighted by atomic mass is 19.1. The van der Waals surface area contributed by atoms with Crippen molar-refractivity contribution in [3.8, 4) is 0 Å². The van der Waals surface area contributed by atoms with E-state index in [0.29, 0.717) is 17.5 Å². The van der Waals surface area contributed by atoms with Crippen molar-refractivity contribution in [2.75, 3.05) is 0 Å². The molecular formula is C13H18FN. The van der Waals surface area contributed by atoms with E-state index < -0.39 is 0 Å². The van der Waals surface area contributed by atoms with E-state index in [-0.39, 0.29) is 11.7 Å². The van der Waals surface area contributed by atoms with E-state index in [1.54, 1.807) is 6.07 Å². The maximum Gasteiger partial charge on any atom is 0.145 e. The Kier molecular flexibility index (Phi) is 2.76. The van der Waals surface area contributed by atoms with Crippen LogP contribution in [0, 0.1) is 11.7 Å². The molecular weight excluding hydrogens is 189 g/mol. The van der Waals surface area contributed by atoms with Crippen molar-refractivity contribution in [3.63, 3.8) is 0 Å². The van der Waals surface area contributed by atoms with Crippen molar-refractivity contribution < 1.29 is 4.39 Å². The van der Waals surface area contributed by atoms with Gasteiger partial charge in [-0.3, -0.25) is 4.98 Å². The van der Waals surface area contributed by atoms with Gasteiger partial charge in [0.25, 0.3) is 0 Å². The minimum Gasteiger partial charge on any atom is -0.258 e. The van der Waals surface area contributed by atoms with Crippen molar-refractivity contribution in [1.29, 1.82) is 0 Å². The quantitative estimate of drug-likeness (QED) is 0.733. The smallest absolute Gasteiger partial charge is 0.145 e. The Bertz CT molecular complexity index is 356. The fourth-order valence-corrected chi connectivity index (χ4v) is 1.75. The Morgan fingerprint density at radius 3 is 2.47 bits per heavy atom. The third kappa shape index (κ3) is 2.19. The standard InChI is InChI=1S/C13H18FN/c1-8(2)9(3)13-12(14)6-11(7-15-13)10-4-5-10/h6-10H,4-5H2,1-3H3/t9-/m1/s1. The van der Waals surface area contributed by atoms with Gasteiger partial charge in [0, 0.05) is 12.1 Å². The number of hydrogen-bond donors (Lipinski definition) is 0. The lowest BCUT2D eigenvalue weighted by atomic mass is 9.93. The fourth-order valence-electron chi connectivity index (χ4n) is 1.75. The molecule has 1 nitrogen and oxygen atoms in total. The van der Waals surface area contributed by atoms with E-state index in [9.17, 15) is 4.39 Å². The first-order valence-corrected chi connectivity index (χ1v) is 5.75. The van der Waals surface area contributed by atoms with Crippen LogP contribution in [0.4, 0.5) is 4.39 Å². The van der Waals surface area contributed by atoms with Crippen LogP contribution >= 0.6 is 0 Å².